The molecule has 4 aromatic rings. The Bertz CT molecular complexity index is 1450. The van der Waals surface area contributed by atoms with Crippen LogP contribution in [0.2, 0.25) is 0 Å². The van der Waals surface area contributed by atoms with E-state index >= 15 is 0 Å². The third kappa shape index (κ3) is 6.39. The zero-order chi connectivity index (χ0) is 26.9. The van der Waals surface area contributed by atoms with Gasteiger partial charge in [0.15, 0.2) is 17.3 Å². The number of hydrogen-bond donors (Lipinski definition) is 0. The topological polar surface area (TPSA) is 96.0 Å². The van der Waals surface area contributed by atoms with Crippen molar-refractivity contribution < 1.29 is 33.4 Å². The standard InChI is InChI=1S/C31H24O7/c1-2-12-26(32)25-19-24(36-29(33)21-13-6-3-7-14-21)20-27(37-30(34)22-15-8-4-9-16-22)28(25)38-31(35)23-17-10-5-11-18-23/h3-11,13-20H,2,12H2,1H3. The summed E-state index contributed by atoms with van der Waals surface area (Å²) < 4.78 is 16.8. The third-order valence-electron chi connectivity index (χ3n) is 5.44. The van der Waals surface area contributed by atoms with Crippen molar-refractivity contribution in [3.63, 3.8) is 0 Å². The van der Waals surface area contributed by atoms with Crippen molar-refractivity contribution >= 4 is 23.7 Å². The van der Waals surface area contributed by atoms with Gasteiger partial charge in [0.05, 0.1) is 22.3 Å². The highest BCUT2D eigenvalue weighted by atomic mass is 16.6. The predicted octanol–water partition coefficient (Wildman–Crippen LogP) is 6.33. The molecule has 4 rings (SSSR count). The smallest absolute Gasteiger partial charge is 0.343 e. The van der Waals surface area contributed by atoms with Gasteiger partial charge in [0.2, 0.25) is 0 Å². The number of carbonyl (C=O) groups is 4. The molecular formula is C31H24O7. The van der Waals surface area contributed by atoms with Crippen LogP contribution in [0.5, 0.6) is 17.2 Å². The molecule has 38 heavy (non-hydrogen) atoms. The van der Waals surface area contributed by atoms with E-state index in [1.54, 1.807) is 91.0 Å². The van der Waals surface area contributed by atoms with Gasteiger partial charge in [-0.2, -0.15) is 0 Å². The third-order valence-corrected chi connectivity index (χ3v) is 5.44. The van der Waals surface area contributed by atoms with E-state index in [9.17, 15) is 19.2 Å². The van der Waals surface area contributed by atoms with E-state index in [4.69, 9.17) is 14.2 Å². The summed E-state index contributed by atoms with van der Waals surface area (Å²) in [5.41, 5.74) is 0.712. The maximum atomic E-state index is 13.1. The van der Waals surface area contributed by atoms with E-state index in [0.29, 0.717) is 6.42 Å². The molecule has 0 unspecified atom stereocenters. The molecule has 0 spiro atoms. The van der Waals surface area contributed by atoms with Gasteiger partial charge in [0, 0.05) is 12.5 Å². The van der Waals surface area contributed by atoms with Gasteiger partial charge in [0.25, 0.3) is 0 Å². The van der Waals surface area contributed by atoms with Crippen LogP contribution in [0.4, 0.5) is 0 Å². The SMILES string of the molecule is CCCC(=O)c1cc(OC(=O)c2ccccc2)cc(OC(=O)c2ccccc2)c1OC(=O)c1ccccc1. The van der Waals surface area contributed by atoms with E-state index in [1.165, 1.54) is 12.1 Å². The van der Waals surface area contributed by atoms with Gasteiger partial charge < -0.3 is 14.2 Å². The Morgan fingerprint density at radius 3 is 1.50 bits per heavy atom. The Labute approximate surface area is 219 Å². The monoisotopic (exact) mass is 508 g/mol. The van der Waals surface area contributed by atoms with Crippen LogP contribution in [-0.2, 0) is 0 Å². The fourth-order valence-corrected chi connectivity index (χ4v) is 3.58. The van der Waals surface area contributed by atoms with Gasteiger partial charge in [0.1, 0.15) is 5.75 Å². The Hall–Kier alpha value is -5.04. The van der Waals surface area contributed by atoms with Crippen molar-refractivity contribution in [3.05, 3.63) is 125 Å². The summed E-state index contributed by atoms with van der Waals surface area (Å²) in [6.45, 7) is 1.82. The van der Waals surface area contributed by atoms with Gasteiger partial charge >= 0.3 is 17.9 Å². The van der Waals surface area contributed by atoms with Crippen LogP contribution >= 0.6 is 0 Å². The quantitative estimate of drug-likeness (QED) is 0.148. The second-order valence-corrected chi connectivity index (χ2v) is 8.24. The molecule has 0 N–H and O–H groups in total. The molecule has 0 radical (unpaired) electrons. The van der Waals surface area contributed by atoms with Gasteiger partial charge in [-0.25, -0.2) is 14.4 Å². The lowest BCUT2D eigenvalue weighted by Gasteiger charge is -2.16. The number of esters is 3. The first-order valence-corrected chi connectivity index (χ1v) is 12.0. The molecule has 0 heterocycles. The van der Waals surface area contributed by atoms with Crippen LogP contribution in [0.3, 0.4) is 0 Å². The van der Waals surface area contributed by atoms with Crippen molar-refractivity contribution in [3.8, 4) is 17.2 Å². The first kappa shape index (κ1) is 26.0. The lowest BCUT2D eigenvalue weighted by molar-refractivity contribution is 0.0675. The zero-order valence-electron chi connectivity index (χ0n) is 20.6. The molecule has 4 aromatic carbocycles. The van der Waals surface area contributed by atoms with Crippen LogP contribution in [0, 0.1) is 0 Å². The molecule has 7 nitrogen and oxygen atoms in total. The summed E-state index contributed by atoms with van der Waals surface area (Å²) in [5.74, 6) is -3.06. The second kappa shape index (κ2) is 12.3. The number of rotatable bonds is 9. The number of ether oxygens (including phenoxy) is 3. The van der Waals surface area contributed by atoms with Gasteiger partial charge in [-0.1, -0.05) is 61.5 Å². The Balaban J connectivity index is 1.79. The molecule has 0 saturated carbocycles. The Morgan fingerprint density at radius 1 is 0.579 bits per heavy atom. The van der Waals surface area contributed by atoms with Crippen LogP contribution in [0.25, 0.3) is 0 Å². The minimum atomic E-state index is -0.748. The molecule has 190 valence electrons. The normalized spacial score (nSPS) is 10.3. The average Bonchev–Trinajstić information content (AvgIpc) is 2.95. The molecule has 0 aliphatic rings. The maximum Gasteiger partial charge on any atom is 0.343 e. The van der Waals surface area contributed by atoms with E-state index in [2.05, 4.69) is 0 Å². The summed E-state index contributed by atoms with van der Waals surface area (Å²) in [4.78, 5) is 51.7. The Kier molecular flexibility index (Phi) is 8.41. The minimum Gasteiger partial charge on any atom is -0.423 e. The van der Waals surface area contributed by atoms with E-state index in [-0.39, 0.29) is 51.7 Å². The molecule has 7 heteroatoms. The number of ketones is 1. The van der Waals surface area contributed by atoms with Gasteiger partial charge in [-0.05, 0) is 48.9 Å². The Morgan fingerprint density at radius 2 is 1.03 bits per heavy atom. The van der Waals surface area contributed by atoms with Gasteiger partial charge in [-0.3, -0.25) is 4.79 Å². The largest absolute Gasteiger partial charge is 0.423 e. The second-order valence-electron chi connectivity index (χ2n) is 8.24. The molecule has 0 amide bonds. The van der Waals surface area contributed by atoms with E-state index in [1.807, 2.05) is 6.92 Å². The minimum absolute atomic E-state index is 0.0475. The summed E-state index contributed by atoms with van der Waals surface area (Å²) in [5, 5.41) is 0. The molecular weight excluding hydrogens is 484 g/mol. The first-order chi connectivity index (χ1) is 18.5. The number of carbonyl (C=O) groups excluding carboxylic acids is 4. The summed E-state index contributed by atoms with van der Waals surface area (Å²) in [6, 6.07) is 27.2. The zero-order valence-corrected chi connectivity index (χ0v) is 20.6. The highest BCUT2D eigenvalue weighted by Crippen LogP contribution is 2.38. The fraction of sp³-hybridized carbons (Fsp3) is 0.0968. The van der Waals surface area contributed by atoms with Crippen molar-refractivity contribution in [2.75, 3.05) is 0 Å². The van der Waals surface area contributed by atoms with E-state index in [0.717, 1.165) is 0 Å². The van der Waals surface area contributed by atoms with Crippen molar-refractivity contribution in [1.82, 2.24) is 0 Å². The highest BCUT2D eigenvalue weighted by molar-refractivity contribution is 6.03. The summed E-state index contributed by atoms with van der Waals surface area (Å²) in [6.07, 6.45) is 0.635. The molecule has 0 aromatic heterocycles. The summed E-state index contributed by atoms with van der Waals surface area (Å²) >= 11 is 0. The molecule has 0 atom stereocenters. The van der Waals surface area contributed by atoms with Crippen LogP contribution < -0.4 is 14.2 Å². The number of hydrogen-bond acceptors (Lipinski definition) is 7. The average molecular weight is 509 g/mol. The lowest BCUT2D eigenvalue weighted by Crippen LogP contribution is -2.16. The highest BCUT2D eigenvalue weighted by Gasteiger charge is 2.25. The van der Waals surface area contributed by atoms with Crippen molar-refractivity contribution in [1.29, 1.82) is 0 Å². The van der Waals surface area contributed by atoms with Crippen molar-refractivity contribution in [2.24, 2.45) is 0 Å². The number of benzene rings is 4. The molecule has 0 bridgehead atoms. The molecule has 0 aliphatic carbocycles. The van der Waals surface area contributed by atoms with Gasteiger partial charge in [-0.15, -0.1) is 0 Å². The van der Waals surface area contributed by atoms with Crippen LogP contribution in [0.15, 0.2) is 103 Å². The molecule has 0 aliphatic heterocycles. The summed E-state index contributed by atoms with van der Waals surface area (Å²) in [7, 11) is 0. The first-order valence-electron chi connectivity index (χ1n) is 12.0. The molecule has 0 fully saturated rings. The molecule has 0 saturated heterocycles. The van der Waals surface area contributed by atoms with Crippen LogP contribution in [-0.4, -0.2) is 23.7 Å². The number of Topliss-reactive ketones (excluding diaryl/α,β-unsaturated/α-hetero) is 1. The lowest BCUT2D eigenvalue weighted by atomic mass is 10.0. The van der Waals surface area contributed by atoms with E-state index < -0.39 is 17.9 Å². The predicted molar refractivity (Wildman–Crippen MR) is 140 cm³/mol. The maximum absolute atomic E-state index is 13.1. The van der Waals surface area contributed by atoms with Crippen LogP contribution in [0.1, 0.15) is 61.2 Å². The van der Waals surface area contributed by atoms with Crippen molar-refractivity contribution in [2.45, 2.75) is 19.8 Å². The fourth-order valence-electron chi connectivity index (χ4n) is 3.58.